The Labute approximate surface area is 179 Å². The number of hydrogen-bond acceptors (Lipinski definition) is 2. The summed E-state index contributed by atoms with van der Waals surface area (Å²) in [5.74, 6) is 0. The minimum atomic E-state index is 0. The van der Waals surface area contributed by atoms with Gasteiger partial charge in [-0.25, -0.2) is 0 Å². The Morgan fingerprint density at radius 3 is 0.963 bits per heavy atom. The normalized spacial score (nSPS) is 8.81. The first-order chi connectivity index (χ1) is 12.8. The van der Waals surface area contributed by atoms with E-state index in [-0.39, 0.29) is 32.3 Å². The Morgan fingerprint density at radius 1 is 0.556 bits per heavy atom. The van der Waals surface area contributed by atoms with Crippen LogP contribution in [0.3, 0.4) is 0 Å². The van der Waals surface area contributed by atoms with Crippen LogP contribution in [0.15, 0.2) is 60.7 Å². The number of hydrogen-bond donors (Lipinski definition) is 0. The van der Waals surface area contributed by atoms with Gasteiger partial charge in [0.2, 0.25) is 0 Å². The van der Waals surface area contributed by atoms with Crippen LogP contribution in [0.1, 0.15) is 27.7 Å². The molecule has 0 saturated carbocycles. The van der Waals surface area contributed by atoms with Crippen molar-refractivity contribution in [2.75, 3.05) is 24.6 Å². The Balaban J connectivity index is -0.000000349. The Kier molecular flexibility index (Phi) is 26.5. The van der Waals surface area contributed by atoms with Crippen molar-refractivity contribution in [1.82, 2.24) is 0 Å². The summed E-state index contributed by atoms with van der Waals surface area (Å²) in [6, 6.07) is 21.7. The van der Waals surface area contributed by atoms with Gasteiger partial charge < -0.3 is 0 Å². The fourth-order valence-electron chi connectivity index (χ4n) is 2.46. The smallest absolute Gasteiger partial charge is 0.281 e. The molecule has 0 spiro atoms. The fourth-order valence-corrected chi connectivity index (χ4v) is 6.00. The summed E-state index contributed by atoms with van der Waals surface area (Å²) in [6.07, 6.45) is 5.26. The summed E-state index contributed by atoms with van der Waals surface area (Å²) in [5, 5.41) is 3.10. The van der Waals surface area contributed by atoms with Crippen LogP contribution in [-0.2, 0) is 26.1 Å². The first-order valence-electron chi connectivity index (χ1n) is 8.77. The summed E-state index contributed by atoms with van der Waals surface area (Å²) in [5.41, 5.74) is 0. The first kappa shape index (κ1) is 30.8. The van der Waals surface area contributed by atoms with Crippen LogP contribution in [0, 0.1) is 0 Å². The molecule has 0 fully saturated rings. The average Bonchev–Trinajstić information content (AvgIpc) is 2.75. The molecule has 2 rings (SSSR count). The summed E-state index contributed by atoms with van der Waals surface area (Å²) in [7, 11) is 0.297. The summed E-state index contributed by atoms with van der Waals surface area (Å²) in [4.78, 5) is 15.0. The third kappa shape index (κ3) is 13.9. The fraction of sp³-hybridized carbons (Fsp3) is 0.364. The zero-order valence-electron chi connectivity index (χ0n) is 16.6. The molecule has 0 aliphatic carbocycles. The van der Waals surface area contributed by atoms with Crippen molar-refractivity contribution in [2.24, 2.45) is 0 Å². The predicted molar refractivity (Wildman–Crippen MR) is 120 cm³/mol. The van der Waals surface area contributed by atoms with Gasteiger partial charge >= 0.3 is 0 Å². The molecule has 2 aromatic carbocycles. The van der Waals surface area contributed by atoms with Crippen LogP contribution in [0.5, 0.6) is 0 Å². The van der Waals surface area contributed by atoms with Gasteiger partial charge in [-0.05, 0) is 35.3 Å². The molecule has 150 valence electrons. The van der Waals surface area contributed by atoms with Crippen LogP contribution in [-0.4, -0.2) is 38.2 Å². The Morgan fingerprint density at radius 2 is 0.778 bits per heavy atom. The van der Waals surface area contributed by atoms with E-state index >= 15 is 0 Å². The second-order valence-corrected chi connectivity index (χ2v) is 10.7. The molecule has 0 saturated heterocycles. The maximum absolute atomic E-state index is 7.50. The SMILES string of the molecule is CCP(CC)c1ccccc1.CCP(CC)c1ccccc1.[C]=O.[C]=O.[Ni]. The molecule has 0 unspecified atom stereocenters. The van der Waals surface area contributed by atoms with E-state index in [9.17, 15) is 0 Å². The number of rotatable bonds is 6. The Bertz CT molecular complexity index is 469. The minimum Gasteiger partial charge on any atom is -0.281 e. The minimum absolute atomic E-state index is 0. The Hall–Kier alpha value is -0.866. The molecular weight excluding hydrogens is 417 g/mol. The second-order valence-electron chi connectivity index (χ2n) is 5.02. The topological polar surface area (TPSA) is 34.1 Å². The molecule has 0 atom stereocenters. The van der Waals surface area contributed by atoms with Crippen molar-refractivity contribution >= 4 is 40.0 Å². The number of benzene rings is 2. The van der Waals surface area contributed by atoms with E-state index in [0.29, 0.717) is 0 Å². The molecule has 2 aromatic rings. The summed E-state index contributed by atoms with van der Waals surface area (Å²) in [6.45, 7) is 18.1. The number of carbonyl (C=O) groups excluding carboxylic acids is 2. The molecule has 27 heavy (non-hydrogen) atoms. The van der Waals surface area contributed by atoms with E-state index < -0.39 is 0 Å². The van der Waals surface area contributed by atoms with Gasteiger partial charge in [0.05, 0.1) is 0 Å². The summed E-state index contributed by atoms with van der Waals surface area (Å²) < 4.78 is 0. The van der Waals surface area contributed by atoms with E-state index in [4.69, 9.17) is 9.59 Å². The van der Waals surface area contributed by atoms with Gasteiger partial charge in [0.15, 0.2) is 0 Å². The van der Waals surface area contributed by atoms with Gasteiger partial charge in [0.1, 0.15) is 0 Å². The van der Waals surface area contributed by atoms with Gasteiger partial charge in [-0.1, -0.05) is 104 Å². The predicted octanol–water partition coefficient (Wildman–Crippen LogP) is 4.87. The summed E-state index contributed by atoms with van der Waals surface area (Å²) >= 11 is 0. The molecule has 0 aliphatic rings. The molecule has 2 nitrogen and oxygen atoms in total. The van der Waals surface area contributed by atoms with Crippen LogP contribution in [0.25, 0.3) is 0 Å². The second kappa shape index (κ2) is 23.2. The van der Waals surface area contributed by atoms with Gasteiger partial charge in [-0.2, -0.15) is 0 Å². The standard InChI is InChI=1S/2C10H15P.2CO.Ni/c2*1-3-11(4-2)10-8-6-5-7-9-10;2*1-2;/h2*5-9H,3-4H2,1-2H3;;;. The van der Waals surface area contributed by atoms with Crippen LogP contribution < -0.4 is 10.6 Å². The van der Waals surface area contributed by atoms with Crippen LogP contribution in [0.4, 0.5) is 0 Å². The molecular formula is C22H30NiO2P2. The maximum Gasteiger partial charge on any atom is 0.281 e. The van der Waals surface area contributed by atoms with E-state index in [0.717, 1.165) is 0 Å². The van der Waals surface area contributed by atoms with Crippen molar-refractivity contribution < 1.29 is 26.1 Å². The zero-order valence-corrected chi connectivity index (χ0v) is 19.4. The monoisotopic (exact) mass is 446 g/mol. The molecule has 0 N–H and O–H groups in total. The quantitative estimate of drug-likeness (QED) is 0.468. The van der Waals surface area contributed by atoms with E-state index in [2.05, 4.69) is 102 Å². The van der Waals surface area contributed by atoms with Crippen molar-refractivity contribution in [3.8, 4) is 0 Å². The van der Waals surface area contributed by atoms with Crippen molar-refractivity contribution in [3.05, 3.63) is 60.7 Å². The maximum atomic E-state index is 7.50. The zero-order chi connectivity index (χ0) is 20.2. The van der Waals surface area contributed by atoms with Crippen molar-refractivity contribution in [1.29, 1.82) is 0 Å². The molecule has 0 bridgehead atoms. The third-order valence-corrected chi connectivity index (χ3v) is 8.88. The van der Waals surface area contributed by atoms with E-state index in [1.807, 2.05) is 0 Å². The average molecular weight is 447 g/mol. The third-order valence-electron chi connectivity index (χ3n) is 3.77. The molecule has 0 aromatic heterocycles. The largest absolute Gasteiger partial charge is 0.281 e. The van der Waals surface area contributed by atoms with Gasteiger partial charge in [-0.3, -0.25) is 9.59 Å². The molecule has 5 heteroatoms. The molecule has 0 aliphatic heterocycles. The van der Waals surface area contributed by atoms with Gasteiger partial charge in [0, 0.05) is 16.5 Å². The van der Waals surface area contributed by atoms with Gasteiger partial charge in [0.25, 0.3) is 13.6 Å². The van der Waals surface area contributed by atoms with E-state index in [1.54, 1.807) is 10.6 Å². The van der Waals surface area contributed by atoms with Gasteiger partial charge in [-0.15, -0.1) is 0 Å². The van der Waals surface area contributed by atoms with Crippen LogP contribution >= 0.6 is 15.8 Å². The van der Waals surface area contributed by atoms with E-state index in [1.165, 1.54) is 24.6 Å². The van der Waals surface area contributed by atoms with Crippen molar-refractivity contribution in [2.45, 2.75) is 27.7 Å². The molecule has 0 heterocycles. The molecule has 4 radical (unpaired) electrons. The first-order valence-corrected chi connectivity index (χ1v) is 12.2. The van der Waals surface area contributed by atoms with Crippen molar-refractivity contribution in [3.63, 3.8) is 0 Å². The van der Waals surface area contributed by atoms with Crippen LogP contribution in [0.2, 0.25) is 0 Å². The molecule has 0 amide bonds.